The topological polar surface area (TPSA) is 76.1 Å². The fraction of sp³-hybridized carbons (Fsp3) is 0.833. The lowest BCUT2D eigenvalue weighted by atomic mass is 10.0. The standard InChI is InChI=1S/C12H19NO5/c1-12(2,3)18-11(16)13-7-4-8(10(14)15)9(13)6-17-5-7/h7-9H,4-6H2,1-3H3,(H,14,15)/t7-,8-,9-/m1/s1. The Balaban J connectivity index is 2.14. The summed E-state index contributed by atoms with van der Waals surface area (Å²) in [5.74, 6) is -1.42. The normalized spacial score (nSPS) is 31.3. The van der Waals surface area contributed by atoms with Crippen molar-refractivity contribution in [3.63, 3.8) is 0 Å². The number of hydrogen-bond acceptors (Lipinski definition) is 4. The number of ether oxygens (including phenoxy) is 2. The van der Waals surface area contributed by atoms with Crippen LogP contribution >= 0.6 is 0 Å². The first-order valence-electron chi connectivity index (χ1n) is 6.11. The molecule has 2 heterocycles. The Morgan fingerprint density at radius 1 is 1.33 bits per heavy atom. The Kier molecular flexibility index (Phi) is 3.23. The van der Waals surface area contributed by atoms with Crippen molar-refractivity contribution >= 4 is 12.1 Å². The fourth-order valence-electron chi connectivity index (χ4n) is 2.56. The maximum Gasteiger partial charge on any atom is 0.410 e. The average molecular weight is 257 g/mol. The first-order chi connectivity index (χ1) is 8.29. The fourth-order valence-corrected chi connectivity index (χ4v) is 2.56. The first kappa shape index (κ1) is 13.1. The second-order valence-electron chi connectivity index (χ2n) is 5.83. The van der Waals surface area contributed by atoms with E-state index in [-0.39, 0.29) is 12.6 Å². The van der Waals surface area contributed by atoms with Crippen molar-refractivity contribution in [2.45, 2.75) is 44.9 Å². The molecule has 102 valence electrons. The molecule has 2 aliphatic heterocycles. The van der Waals surface area contributed by atoms with Gasteiger partial charge in [0, 0.05) is 0 Å². The smallest absolute Gasteiger partial charge is 0.410 e. The minimum Gasteiger partial charge on any atom is -0.481 e. The molecule has 2 rings (SSSR count). The van der Waals surface area contributed by atoms with E-state index in [1.54, 1.807) is 25.7 Å². The van der Waals surface area contributed by atoms with Crippen LogP contribution in [0.1, 0.15) is 27.2 Å². The van der Waals surface area contributed by atoms with E-state index in [9.17, 15) is 9.59 Å². The highest BCUT2D eigenvalue weighted by atomic mass is 16.6. The van der Waals surface area contributed by atoms with E-state index in [1.807, 2.05) is 0 Å². The van der Waals surface area contributed by atoms with Gasteiger partial charge in [0.1, 0.15) is 5.60 Å². The summed E-state index contributed by atoms with van der Waals surface area (Å²) in [6.45, 7) is 6.04. The van der Waals surface area contributed by atoms with Gasteiger partial charge in [-0.05, 0) is 27.2 Å². The first-order valence-corrected chi connectivity index (χ1v) is 6.11. The van der Waals surface area contributed by atoms with E-state index in [1.165, 1.54) is 0 Å². The number of fused-ring (bicyclic) bond motifs is 2. The number of carboxylic acid groups (broad SMARTS) is 1. The van der Waals surface area contributed by atoms with Crippen LogP contribution in [0, 0.1) is 5.92 Å². The molecule has 0 unspecified atom stereocenters. The summed E-state index contributed by atoms with van der Waals surface area (Å²) < 4.78 is 10.7. The van der Waals surface area contributed by atoms with Crippen molar-refractivity contribution in [2.24, 2.45) is 5.92 Å². The molecule has 0 saturated carbocycles. The number of carbonyl (C=O) groups excluding carboxylic acids is 1. The molecule has 2 bridgehead atoms. The van der Waals surface area contributed by atoms with Gasteiger partial charge in [0.25, 0.3) is 0 Å². The molecular formula is C12H19NO5. The summed E-state index contributed by atoms with van der Waals surface area (Å²) in [6, 6.07) is -0.587. The quantitative estimate of drug-likeness (QED) is 0.761. The third kappa shape index (κ3) is 2.43. The minimum absolute atomic E-state index is 0.181. The van der Waals surface area contributed by atoms with Crippen LogP contribution in [0.5, 0.6) is 0 Å². The molecule has 0 aliphatic carbocycles. The summed E-state index contributed by atoms with van der Waals surface area (Å²) in [6.07, 6.45) is 0.00346. The summed E-state index contributed by atoms with van der Waals surface area (Å²) in [5, 5.41) is 9.16. The number of carbonyl (C=O) groups is 2. The number of rotatable bonds is 1. The molecule has 6 nitrogen and oxygen atoms in total. The zero-order valence-electron chi connectivity index (χ0n) is 10.9. The van der Waals surface area contributed by atoms with Crippen LogP contribution in [0.15, 0.2) is 0 Å². The van der Waals surface area contributed by atoms with Gasteiger partial charge in [-0.2, -0.15) is 0 Å². The minimum atomic E-state index is -0.874. The summed E-state index contributed by atoms with van der Waals surface area (Å²) >= 11 is 0. The number of nitrogens with zero attached hydrogens (tertiary/aromatic N) is 1. The molecular weight excluding hydrogens is 238 g/mol. The highest BCUT2D eigenvalue weighted by molar-refractivity contribution is 5.76. The SMILES string of the molecule is CC(C)(C)OC(=O)N1[C@H]2COC[C@@H]1[C@H](C(=O)O)C2. The summed E-state index contributed by atoms with van der Waals surface area (Å²) in [5.41, 5.74) is -0.576. The average Bonchev–Trinajstić information content (AvgIpc) is 2.43. The molecule has 1 amide bonds. The number of morpholine rings is 1. The van der Waals surface area contributed by atoms with Crippen LogP contribution in [-0.2, 0) is 14.3 Å². The third-order valence-electron chi connectivity index (χ3n) is 3.26. The molecule has 0 aromatic rings. The van der Waals surface area contributed by atoms with Gasteiger partial charge in [0.15, 0.2) is 0 Å². The Morgan fingerprint density at radius 2 is 2.00 bits per heavy atom. The van der Waals surface area contributed by atoms with Gasteiger partial charge in [-0.3, -0.25) is 9.69 Å². The van der Waals surface area contributed by atoms with Crippen molar-refractivity contribution in [1.82, 2.24) is 4.90 Å². The van der Waals surface area contributed by atoms with Crippen LogP contribution in [0.3, 0.4) is 0 Å². The zero-order valence-corrected chi connectivity index (χ0v) is 10.9. The predicted octanol–water partition coefficient (Wildman–Crippen LogP) is 1.10. The number of hydrogen-bond donors (Lipinski definition) is 1. The Labute approximate surface area is 106 Å². The molecule has 0 aromatic carbocycles. The summed E-state index contributed by atoms with van der Waals surface area (Å²) in [7, 11) is 0. The molecule has 3 atom stereocenters. The van der Waals surface area contributed by atoms with Crippen molar-refractivity contribution < 1.29 is 24.2 Å². The lowest BCUT2D eigenvalue weighted by molar-refractivity contribution is -0.143. The van der Waals surface area contributed by atoms with Crippen molar-refractivity contribution in [1.29, 1.82) is 0 Å². The molecule has 1 N–H and O–H groups in total. The Morgan fingerprint density at radius 3 is 2.56 bits per heavy atom. The predicted molar refractivity (Wildman–Crippen MR) is 62.2 cm³/mol. The van der Waals surface area contributed by atoms with E-state index in [0.717, 1.165) is 0 Å². The van der Waals surface area contributed by atoms with Gasteiger partial charge < -0.3 is 14.6 Å². The lowest BCUT2D eigenvalue weighted by Crippen LogP contribution is -2.52. The summed E-state index contributed by atoms with van der Waals surface area (Å²) in [4.78, 5) is 24.8. The largest absolute Gasteiger partial charge is 0.481 e. The lowest BCUT2D eigenvalue weighted by Gasteiger charge is -2.36. The van der Waals surface area contributed by atoms with Crippen molar-refractivity contribution in [3.8, 4) is 0 Å². The van der Waals surface area contributed by atoms with Crippen LogP contribution in [0.25, 0.3) is 0 Å². The number of carboxylic acids is 1. The van der Waals surface area contributed by atoms with Crippen molar-refractivity contribution in [3.05, 3.63) is 0 Å². The molecule has 0 aromatic heterocycles. The van der Waals surface area contributed by atoms with Gasteiger partial charge in [-0.15, -0.1) is 0 Å². The number of amides is 1. The van der Waals surface area contributed by atoms with Gasteiger partial charge in [0.05, 0.1) is 31.2 Å². The van der Waals surface area contributed by atoms with Crippen LogP contribution in [0.4, 0.5) is 4.79 Å². The van der Waals surface area contributed by atoms with Gasteiger partial charge >= 0.3 is 12.1 Å². The molecule has 6 heteroatoms. The van der Waals surface area contributed by atoms with E-state index in [2.05, 4.69) is 0 Å². The van der Waals surface area contributed by atoms with E-state index < -0.39 is 29.6 Å². The second kappa shape index (κ2) is 4.42. The highest BCUT2D eigenvalue weighted by Crippen LogP contribution is 2.35. The highest BCUT2D eigenvalue weighted by Gasteiger charge is 2.50. The van der Waals surface area contributed by atoms with Crippen LogP contribution < -0.4 is 0 Å². The molecule has 2 fully saturated rings. The maximum absolute atomic E-state index is 12.1. The van der Waals surface area contributed by atoms with E-state index >= 15 is 0 Å². The van der Waals surface area contributed by atoms with Crippen LogP contribution in [0.2, 0.25) is 0 Å². The van der Waals surface area contributed by atoms with E-state index in [0.29, 0.717) is 13.0 Å². The van der Waals surface area contributed by atoms with Crippen LogP contribution in [-0.4, -0.2) is 53.0 Å². The second-order valence-corrected chi connectivity index (χ2v) is 5.83. The van der Waals surface area contributed by atoms with E-state index in [4.69, 9.17) is 14.6 Å². The Bertz CT molecular complexity index is 362. The molecule has 18 heavy (non-hydrogen) atoms. The molecule has 2 saturated heterocycles. The number of aliphatic carboxylic acids is 1. The zero-order chi connectivity index (χ0) is 13.5. The molecule has 2 aliphatic rings. The van der Waals surface area contributed by atoms with Crippen molar-refractivity contribution in [2.75, 3.05) is 13.2 Å². The Hall–Kier alpha value is -1.30. The van der Waals surface area contributed by atoms with Gasteiger partial charge in [0.2, 0.25) is 0 Å². The van der Waals surface area contributed by atoms with Gasteiger partial charge in [-0.25, -0.2) is 4.79 Å². The third-order valence-corrected chi connectivity index (χ3v) is 3.26. The monoisotopic (exact) mass is 257 g/mol. The van der Waals surface area contributed by atoms with Gasteiger partial charge in [-0.1, -0.05) is 0 Å². The maximum atomic E-state index is 12.1. The molecule has 0 radical (unpaired) electrons. The molecule has 0 spiro atoms.